The normalized spacial score (nSPS) is 27.8. The number of nitrogens with zero attached hydrogens (tertiary/aromatic N) is 1. The fourth-order valence-corrected chi connectivity index (χ4v) is 3.61. The highest BCUT2D eigenvalue weighted by Gasteiger charge is 2.31. The standard InChI is InChI=1S/C16H24N2O2/c19-15-7-6-12(10-16(15)20)11-18-9-2-1-5-14(18)13-4-3-8-17-13/h6-7,10,13-14,17,19-20H,1-5,8-9,11H2. The van der Waals surface area contributed by atoms with E-state index in [1.807, 2.05) is 6.07 Å². The minimum Gasteiger partial charge on any atom is -0.504 e. The second kappa shape index (κ2) is 6.02. The summed E-state index contributed by atoms with van der Waals surface area (Å²) in [4.78, 5) is 2.54. The van der Waals surface area contributed by atoms with Gasteiger partial charge in [0.2, 0.25) is 0 Å². The summed E-state index contributed by atoms with van der Waals surface area (Å²) in [6.07, 6.45) is 6.41. The quantitative estimate of drug-likeness (QED) is 0.741. The molecule has 110 valence electrons. The van der Waals surface area contributed by atoms with Crippen LogP contribution in [0.2, 0.25) is 0 Å². The van der Waals surface area contributed by atoms with Crippen LogP contribution in [0.1, 0.15) is 37.7 Å². The van der Waals surface area contributed by atoms with Crippen LogP contribution in [0.4, 0.5) is 0 Å². The molecule has 4 nitrogen and oxygen atoms in total. The van der Waals surface area contributed by atoms with Crippen molar-refractivity contribution in [2.75, 3.05) is 13.1 Å². The van der Waals surface area contributed by atoms with Gasteiger partial charge in [0.05, 0.1) is 0 Å². The van der Waals surface area contributed by atoms with E-state index in [2.05, 4.69) is 10.2 Å². The number of hydrogen-bond acceptors (Lipinski definition) is 4. The van der Waals surface area contributed by atoms with E-state index in [1.165, 1.54) is 32.1 Å². The van der Waals surface area contributed by atoms with Gasteiger partial charge in [-0.15, -0.1) is 0 Å². The first kappa shape index (κ1) is 13.7. The predicted octanol–water partition coefficient (Wildman–Crippen LogP) is 2.20. The molecular weight excluding hydrogens is 252 g/mol. The van der Waals surface area contributed by atoms with Crippen molar-refractivity contribution in [3.8, 4) is 11.5 Å². The number of hydrogen-bond donors (Lipinski definition) is 3. The monoisotopic (exact) mass is 276 g/mol. The van der Waals surface area contributed by atoms with Crippen LogP contribution in [0.25, 0.3) is 0 Å². The highest BCUT2D eigenvalue weighted by atomic mass is 16.3. The molecule has 2 aliphatic heterocycles. The average molecular weight is 276 g/mol. The van der Waals surface area contributed by atoms with Crippen LogP contribution in [0.5, 0.6) is 11.5 Å². The molecule has 20 heavy (non-hydrogen) atoms. The molecule has 2 atom stereocenters. The van der Waals surface area contributed by atoms with Gasteiger partial charge in [-0.2, -0.15) is 0 Å². The topological polar surface area (TPSA) is 55.7 Å². The molecule has 2 aliphatic rings. The van der Waals surface area contributed by atoms with Crippen LogP contribution in [0.15, 0.2) is 18.2 Å². The Kier molecular flexibility index (Phi) is 4.13. The van der Waals surface area contributed by atoms with E-state index in [-0.39, 0.29) is 11.5 Å². The summed E-state index contributed by atoms with van der Waals surface area (Å²) < 4.78 is 0. The van der Waals surface area contributed by atoms with Gasteiger partial charge in [-0.3, -0.25) is 4.90 Å². The van der Waals surface area contributed by atoms with Crippen molar-refractivity contribution >= 4 is 0 Å². The van der Waals surface area contributed by atoms with Gasteiger partial charge in [0.1, 0.15) is 0 Å². The smallest absolute Gasteiger partial charge is 0.157 e. The molecule has 0 radical (unpaired) electrons. The summed E-state index contributed by atoms with van der Waals surface area (Å²) >= 11 is 0. The van der Waals surface area contributed by atoms with E-state index < -0.39 is 0 Å². The predicted molar refractivity (Wildman–Crippen MR) is 78.8 cm³/mol. The lowest BCUT2D eigenvalue weighted by Crippen LogP contribution is -2.49. The third kappa shape index (κ3) is 2.91. The summed E-state index contributed by atoms with van der Waals surface area (Å²) in [6.45, 7) is 3.14. The molecule has 3 N–H and O–H groups in total. The fourth-order valence-electron chi connectivity index (χ4n) is 3.61. The van der Waals surface area contributed by atoms with Crippen molar-refractivity contribution < 1.29 is 10.2 Å². The van der Waals surface area contributed by atoms with Crippen molar-refractivity contribution in [1.82, 2.24) is 10.2 Å². The Bertz CT molecular complexity index is 458. The van der Waals surface area contributed by atoms with Gasteiger partial charge in [-0.25, -0.2) is 0 Å². The van der Waals surface area contributed by atoms with E-state index in [0.717, 1.165) is 25.2 Å². The van der Waals surface area contributed by atoms with Crippen LogP contribution in [0, 0.1) is 0 Å². The maximum atomic E-state index is 9.63. The Hall–Kier alpha value is -1.26. The summed E-state index contributed by atoms with van der Waals surface area (Å²) in [5.74, 6) is -0.0588. The summed E-state index contributed by atoms with van der Waals surface area (Å²) in [7, 11) is 0. The summed E-state index contributed by atoms with van der Waals surface area (Å²) in [5, 5.41) is 22.7. The number of piperidine rings is 1. The van der Waals surface area contributed by atoms with Crippen LogP contribution >= 0.6 is 0 Å². The first-order valence-corrected chi connectivity index (χ1v) is 7.72. The van der Waals surface area contributed by atoms with E-state index in [1.54, 1.807) is 12.1 Å². The van der Waals surface area contributed by atoms with Crippen LogP contribution in [-0.2, 0) is 6.54 Å². The average Bonchev–Trinajstić information content (AvgIpc) is 2.97. The number of nitrogens with one attached hydrogen (secondary N) is 1. The highest BCUT2D eigenvalue weighted by Crippen LogP contribution is 2.29. The molecule has 3 rings (SSSR count). The van der Waals surface area contributed by atoms with Crippen molar-refractivity contribution in [3.05, 3.63) is 23.8 Å². The van der Waals surface area contributed by atoms with Crippen LogP contribution in [-0.4, -0.2) is 40.3 Å². The number of phenols is 2. The molecule has 2 fully saturated rings. The molecule has 0 amide bonds. The lowest BCUT2D eigenvalue weighted by Gasteiger charge is -2.39. The van der Waals surface area contributed by atoms with Crippen molar-refractivity contribution in [2.24, 2.45) is 0 Å². The van der Waals surface area contributed by atoms with Gasteiger partial charge in [0.15, 0.2) is 11.5 Å². The lowest BCUT2D eigenvalue weighted by atomic mass is 9.94. The molecule has 0 spiro atoms. The first-order chi connectivity index (χ1) is 9.74. The Morgan fingerprint density at radius 1 is 1.10 bits per heavy atom. The Labute approximate surface area is 120 Å². The molecule has 2 saturated heterocycles. The number of aromatic hydroxyl groups is 2. The van der Waals surface area contributed by atoms with Crippen LogP contribution < -0.4 is 5.32 Å². The first-order valence-electron chi connectivity index (χ1n) is 7.72. The molecule has 1 aromatic rings. The molecule has 2 unspecified atom stereocenters. The third-order valence-electron chi connectivity index (χ3n) is 4.65. The molecule has 2 heterocycles. The molecule has 1 aromatic carbocycles. The second-order valence-corrected chi connectivity index (χ2v) is 6.06. The highest BCUT2D eigenvalue weighted by molar-refractivity contribution is 5.40. The molecular formula is C16H24N2O2. The Morgan fingerprint density at radius 2 is 2.00 bits per heavy atom. The zero-order valence-electron chi connectivity index (χ0n) is 11.9. The number of benzene rings is 1. The zero-order chi connectivity index (χ0) is 13.9. The lowest BCUT2D eigenvalue weighted by molar-refractivity contribution is 0.112. The van der Waals surface area contributed by atoms with E-state index in [9.17, 15) is 10.2 Å². The second-order valence-electron chi connectivity index (χ2n) is 6.06. The van der Waals surface area contributed by atoms with Gasteiger partial charge in [0, 0.05) is 18.6 Å². The fraction of sp³-hybridized carbons (Fsp3) is 0.625. The maximum absolute atomic E-state index is 9.63. The number of phenolic OH excluding ortho intramolecular Hbond substituents is 2. The zero-order valence-corrected chi connectivity index (χ0v) is 11.9. The van der Waals surface area contributed by atoms with Gasteiger partial charge in [0.25, 0.3) is 0 Å². The van der Waals surface area contributed by atoms with Crippen molar-refractivity contribution in [1.29, 1.82) is 0 Å². The van der Waals surface area contributed by atoms with Gasteiger partial charge in [-0.05, 0) is 56.5 Å². The molecule has 0 aromatic heterocycles. The summed E-state index contributed by atoms with van der Waals surface area (Å²) in [6, 6.07) is 6.41. The third-order valence-corrected chi connectivity index (χ3v) is 4.65. The van der Waals surface area contributed by atoms with Crippen molar-refractivity contribution in [3.63, 3.8) is 0 Å². The van der Waals surface area contributed by atoms with E-state index in [4.69, 9.17) is 0 Å². The largest absolute Gasteiger partial charge is 0.504 e. The Balaban J connectivity index is 1.71. The number of likely N-dealkylation sites (tertiary alicyclic amines) is 1. The molecule has 0 saturated carbocycles. The summed E-state index contributed by atoms with van der Waals surface area (Å²) in [5.41, 5.74) is 1.07. The molecule has 0 bridgehead atoms. The van der Waals surface area contributed by atoms with E-state index in [0.29, 0.717) is 12.1 Å². The SMILES string of the molecule is Oc1ccc(CN2CCCCC2C2CCCN2)cc1O. The van der Waals surface area contributed by atoms with Gasteiger partial charge >= 0.3 is 0 Å². The minimum atomic E-state index is -0.0404. The van der Waals surface area contributed by atoms with Gasteiger partial charge < -0.3 is 15.5 Å². The van der Waals surface area contributed by atoms with Crippen LogP contribution in [0.3, 0.4) is 0 Å². The Morgan fingerprint density at radius 3 is 2.75 bits per heavy atom. The van der Waals surface area contributed by atoms with E-state index >= 15 is 0 Å². The number of rotatable bonds is 3. The molecule has 0 aliphatic carbocycles. The minimum absolute atomic E-state index is 0.0185. The van der Waals surface area contributed by atoms with Crippen molar-refractivity contribution in [2.45, 2.75) is 50.7 Å². The maximum Gasteiger partial charge on any atom is 0.157 e. The molecule has 4 heteroatoms. The van der Waals surface area contributed by atoms with Gasteiger partial charge in [-0.1, -0.05) is 12.5 Å².